The Kier molecular flexibility index (Phi) is 4.55. The highest BCUT2D eigenvalue weighted by Gasteiger charge is 2.20. The first kappa shape index (κ1) is 15.5. The van der Waals surface area contributed by atoms with Gasteiger partial charge >= 0.3 is 0 Å². The van der Waals surface area contributed by atoms with Gasteiger partial charge in [0.1, 0.15) is 0 Å². The van der Waals surface area contributed by atoms with E-state index in [0.717, 1.165) is 38.2 Å². The van der Waals surface area contributed by atoms with Crippen LogP contribution in [0.5, 0.6) is 0 Å². The van der Waals surface area contributed by atoms with Crippen molar-refractivity contribution in [3.05, 3.63) is 47.8 Å². The van der Waals surface area contributed by atoms with Gasteiger partial charge in [0, 0.05) is 37.7 Å². The number of rotatable bonds is 4. The van der Waals surface area contributed by atoms with Gasteiger partial charge in [0.15, 0.2) is 0 Å². The largest absolute Gasteiger partial charge is 0.339 e. The minimum Gasteiger partial charge on any atom is -0.339 e. The van der Waals surface area contributed by atoms with E-state index in [1.54, 1.807) is 12.4 Å². The third-order valence-electron chi connectivity index (χ3n) is 4.15. The number of hydrogen-bond donors (Lipinski definition) is 0. The first-order chi connectivity index (χ1) is 11.2. The highest BCUT2D eigenvalue weighted by atomic mass is 16.2. The number of aryl methyl sites for hydroxylation is 1. The summed E-state index contributed by atoms with van der Waals surface area (Å²) in [5.41, 5.74) is 2.82. The van der Waals surface area contributed by atoms with Crippen LogP contribution in [0.15, 0.2) is 36.7 Å². The lowest BCUT2D eigenvalue weighted by Crippen LogP contribution is -2.28. The van der Waals surface area contributed by atoms with Crippen molar-refractivity contribution in [1.82, 2.24) is 14.9 Å². The molecule has 0 bridgehead atoms. The monoisotopic (exact) mass is 310 g/mol. The number of carbonyl (C=O) groups excluding carboxylic acids is 1. The summed E-state index contributed by atoms with van der Waals surface area (Å²) in [5, 5.41) is 0. The number of nitrogens with zero attached hydrogens (tertiary/aromatic N) is 4. The molecule has 1 aromatic heterocycles. The molecule has 0 aliphatic carbocycles. The Hall–Kier alpha value is -2.43. The highest BCUT2D eigenvalue weighted by Crippen LogP contribution is 2.22. The summed E-state index contributed by atoms with van der Waals surface area (Å²) in [7, 11) is 0. The zero-order valence-corrected chi connectivity index (χ0v) is 13.7. The van der Waals surface area contributed by atoms with E-state index in [1.165, 1.54) is 5.56 Å². The van der Waals surface area contributed by atoms with Gasteiger partial charge in [0.25, 0.3) is 5.91 Å². The van der Waals surface area contributed by atoms with Gasteiger partial charge < -0.3 is 9.80 Å². The molecule has 0 radical (unpaired) electrons. The van der Waals surface area contributed by atoms with Gasteiger partial charge in [0.05, 0.1) is 5.56 Å². The summed E-state index contributed by atoms with van der Waals surface area (Å²) in [6, 6.07) is 8.24. The molecule has 1 aliphatic heterocycles. The second-order valence-electron chi connectivity index (χ2n) is 5.85. The highest BCUT2D eigenvalue weighted by molar-refractivity contribution is 5.93. The Labute approximate surface area is 137 Å². The molecule has 5 heteroatoms. The number of benzene rings is 1. The smallest absolute Gasteiger partial charge is 0.256 e. The maximum atomic E-state index is 12.3. The van der Waals surface area contributed by atoms with Gasteiger partial charge in [-0.1, -0.05) is 12.1 Å². The first-order valence-corrected chi connectivity index (χ1v) is 8.14. The molecule has 1 saturated heterocycles. The lowest BCUT2D eigenvalue weighted by Gasteiger charge is -2.21. The fraction of sp³-hybridized carbons (Fsp3) is 0.389. The summed E-state index contributed by atoms with van der Waals surface area (Å²) in [4.78, 5) is 25.1. The van der Waals surface area contributed by atoms with Crippen LogP contribution in [0.4, 0.5) is 11.6 Å². The Morgan fingerprint density at radius 3 is 2.52 bits per heavy atom. The molecule has 0 unspecified atom stereocenters. The van der Waals surface area contributed by atoms with Crippen molar-refractivity contribution in [3.8, 4) is 0 Å². The normalized spacial score (nSPS) is 14.1. The predicted octanol–water partition coefficient (Wildman–Crippen LogP) is 3.18. The molecule has 3 rings (SSSR count). The van der Waals surface area contributed by atoms with E-state index in [2.05, 4.69) is 35.9 Å². The fourth-order valence-corrected chi connectivity index (χ4v) is 2.91. The number of likely N-dealkylation sites (tertiary alicyclic amines) is 1. The van der Waals surface area contributed by atoms with Crippen molar-refractivity contribution in [1.29, 1.82) is 0 Å². The molecule has 5 nitrogen and oxygen atoms in total. The fourth-order valence-electron chi connectivity index (χ4n) is 2.91. The quantitative estimate of drug-likeness (QED) is 0.870. The van der Waals surface area contributed by atoms with Crippen LogP contribution >= 0.6 is 0 Å². The average molecular weight is 310 g/mol. The zero-order chi connectivity index (χ0) is 16.2. The second kappa shape index (κ2) is 6.77. The molecular weight excluding hydrogens is 288 g/mol. The van der Waals surface area contributed by atoms with E-state index in [0.29, 0.717) is 11.5 Å². The molecule has 0 atom stereocenters. The van der Waals surface area contributed by atoms with Gasteiger partial charge in [-0.25, -0.2) is 9.97 Å². The third kappa shape index (κ3) is 3.33. The minimum absolute atomic E-state index is 0.0349. The van der Waals surface area contributed by atoms with Crippen LogP contribution in [0.25, 0.3) is 0 Å². The average Bonchev–Trinajstić information content (AvgIpc) is 3.10. The SMILES string of the molecule is CCN(c1cccc(C)c1)c1ncc(C(=O)N2CCCC2)cn1. The number of aromatic nitrogens is 2. The van der Waals surface area contributed by atoms with E-state index in [-0.39, 0.29) is 5.91 Å². The maximum Gasteiger partial charge on any atom is 0.256 e. The Morgan fingerprint density at radius 2 is 1.91 bits per heavy atom. The van der Waals surface area contributed by atoms with Gasteiger partial charge in [0.2, 0.25) is 5.95 Å². The molecule has 2 aromatic rings. The molecular formula is C18H22N4O. The molecule has 1 aromatic carbocycles. The number of carbonyl (C=O) groups is 1. The molecule has 0 N–H and O–H groups in total. The summed E-state index contributed by atoms with van der Waals surface area (Å²) >= 11 is 0. The maximum absolute atomic E-state index is 12.3. The van der Waals surface area contributed by atoms with Crippen LogP contribution in [0.1, 0.15) is 35.7 Å². The van der Waals surface area contributed by atoms with Crippen LogP contribution in [-0.2, 0) is 0 Å². The summed E-state index contributed by atoms with van der Waals surface area (Å²) in [5.74, 6) is 0.656. The van der Waals surface area contributed by atoms with Gasteiger partial charge in [-0.2, -0.15) is 0 Å². The van der Waals surface area contributed by atoms with Crippen LogP contribution < -0.4 is 4.90 Å². The predicted molar refractivity (Wildman–Crippen MR) is 91.0 cm³/mol. The van der Waals surface area contributed by atoms with E-state index in [1.807, 2.05) is 21.9 Å². The van der Waals surface area contributed by atoms with Crippen molar-refractivity contribution in [3.63, 3.8) is 0 Å². The molecule has 23 heavy (non-hydrogen) atoms. The third-order valence-corrected chi connectivity index (χ3v) is 4.15. The zero-order valence-electron chi connectivity index (χ0n) is 13.7. The Balaban J connectivity index is 1.81. The number of anilines is 2. The first-order valence-electron chi connectivity index (χ1n) is 8.14. The standard InChI is InChI=1S/C18H22N4O/c1-3-22(16-8-6-7-14(2)11-16)18-19-12-15(13-20-18)17(23)21-9-4-5-10-21/h6-8,11-13H,3-5,9-10H2,1-2H3. The Morgan fingerprint density at radius 1 is 1.22 bits per heavy atom. The van der Waals surface area contributed by atoms with E-state index < -0.39 is 0 Å². The topological polar surface area (TPSA) is 49.3 Å². The Bertz CT molecular complexity index is 678. The number of hydrogen-bond acceptors (Lipinski definition) is 4. The molecule has 1 aliphatic rings. The minimum atomic E-state index is 0.0349. The molecule has 0 spiro atoms. The summed E-state index contributed by atoms with van der Waals surface area (Å²) < 4.78 is 0. The van der Waals surface area contributed by atoms with Gasteiger partial charge in [-0.05, 0) is 44.4 Å². The van der Waals surface area contributed by atoms with Crippen molar-refractivity contribution >= 4 is 17.5 Å². The van der Waals surface area contributed by atoms with Crippen LogP contribution in [0, 0.1) is 6.92 Å². The van der Waals surface area contributed by atoms with Crippen LogP contribution in [0.2, 0.25) is 0 Å². The lowest BCUT2D eigenvalue weighted by atomic mass is 10.2. The van der Waals surface area contributed by atoms with E-state index in [4.69, 9.17) is 0 Å². The van der Waals surface area contributed by atoms with Crippen molar-refractivity contribution < 1.29 is 4.79 Å². The summed E-state index contributed by atoms with van der Waals surface area (Å²) in [6.45, 7) is 6.57. The second-order valence-corrected chi connectivity index (χ2v) is 5.85. The van der Waals surface area contributed by atoms with Crippen molar-refractivity contribution in [2.75, 3.05) is 24.5 Å². The van der Waals surface area contributed by atoms with E-state index in [9.17, 15) is 4.79 Å². The number of amides is 1. The van der Waals surface area contributed by atoms with Crippen molar-refractivity contribution in [2.45, 2.75) is 26.7 Å². The van der Waals surface area contributed by atoms with Gasteiger partial charge in [-0.15, -0.1) is 0 Å². The van der Waals surface area contributed by atoms with E-state index >= 15 is 0 Å². The van der Waals surface area contributed by atoms with Gasteiger partial charge in [-0.3, -0.25) is 4.79 Å². The van der Waals surface area contributed by atoms with Crippen molar-refractivity contribution in [2.24, 2.45) is 0 Å². The van der Waals surface area contributed by atoms with Crippen LogP contribution in [0.3, 0.4) is 0 Å². The lowest BCUT2D eigenvalue weighted by molar-refractivity contribution is 0.0792. The molecule has 1 amide bonds. The van der Waals surface area contributed by atoms with Crippen LogP contribution in [-0.4, -0.2) is 40.4 Å². The molecule has 120 valence electrons. The molecule has 1 fully saturated rings. The molecule has 2 heterocycles. The molecule has 0 saturated carbocycles. The summed E-state index contributed by atoms with van der Waals surface area (Å²) in [6.07, 6.45) is 5.45.